The summed E-state index contributed by atoms with van der Waals surface area (Å²) in [6, 6.07) is 10.7. The molecule has 0 unspecified atom stereocenters. The van der Waals surface area contributed by atoms with Crippen LogP contribution in [0.5, 0.6) is 0 Å². The number of imidazole rings is 1. The maximum Gasteiger partial charge on any atom is 0.306 e. The molecule has 1 fully saturated rings. The number of aromatic nitrogens is 4. The van der Waals surface area contributed by atoms with E-state index in [1.807, 2.05) is 0 Å². The van der Waals surface area contributed by atoms with Crippen molar-refractivity contribution in [2.45, 2.75) is 19.3 Å². The number of benzene rings is 1. The fourth-order valence-electron chi connectivity index (χ4n) is 3.36. The Balaban J connectivity index is 1.47. The van der Waals surface area contributed by atoms with Crippen LogP contribution in [0.3, 0.4) is 0 Å². The number of anilines is 1. The molecule has 2 N–H and O–H groups in total. The number of halogens is 1. The highest BCUT2D eigenvalue weighted by Gasteiger charge is 2.25. The van der Waals surface area contributed by atoms with Crippen molar-refractivity contribution in [2.24, 2.45) is 5.92 Å². The standard InChI is InChI=1S/C17H18ClN5/c18-17-21-15-14(19-11-20-15)16(22-17)23-8-6-13(7-9-23)10-12-4-2-1-3-5-12/h1-5,11,13H,6-10H2,(H,19,20,21,22)/p+1. The lowest BCUT2D eigenvalue weighted by Gasteiger charge is -2.32. The van der Waals surface area contributed by atoms with Crippen molar-refractivity contribution in [2.75, 3.05) is 18.0 Å². The molecule has 3 heterocycles. The fourth-order valence-corrected chi connectivity index (χ4v) is 3.53. The summed E-state index contributed by atoms with van der Waals surface area (Å²) in [6.07, 6.45) is 5.26. The first-order chi connectivity index (χ1) is 11.3. The zero-order valence-corrected chi connectivity index (χ0v) is 13.6. The van der Waals surface area contributed by atoms with E-state index in [1.165, 1.54) is 18.4 Å². The highest BCUT2D eigenvalue weighted by molar-refractivity contribution is 6.28. The molecule has 0 radical (unpaired) electrons. The second kappa shape index (κ2) is 6.16. The normalized spacial score (nSPS) is 16.1. The predicted octanol–water partition coefficient (Wildman–Crippen LogP) is 2.88. The van der Waals surface area contributed by atoms with Crippen LogP contribution in [0.15, 0.2) is 36.7 Å². The summed E-state index contributed by atoms with van der Waals surface area (Å²) < 4.78 is 0. The van der Waals surface area contributed by atoms with Gasteiger partial charge in [-0.15, -0.1) is 0 Å². The van der Waals surface area contributed by atoms with Gasteiger partial charge >= 0.3 is 10.9 Å². The molecule has 1 aliphatic heterocycles. The molecule has 118 valence electrons. The highest BCUT2D eigenvalue weighted by atomic mass is 35.5. The van der Waals surface area contributed by atoms with Gasteiger partial charge in [-0.1, -0.05) is 35.3 Å². The molecule has 1 aromatic carbocycles. The Bertz CT molecular complexity index is 793. The molecule has 1 saturated heterocycles. The van der Waals surface area contributed by atoms with Crippen molar-refractivity contribution >= 4 is 28.6 Å². The molecule has 0 atom stereocenters. The van der Waals surface area contributed by atoms with Crippen LogP contribution < -0.4 is 9.88 Å². The van der Waals surface area contributed by atoms with Gasteiger partial charge in [0.1, 0.15) is 0 Å². The number of nitrogens with zero attached hydrogens (tertiary/aromatic N) is 3. The first-order valence-electron chi connectivity index (χ1n) is 8.01. The van der Waals surface area contributed by atoms with Crippen molar-refractivity contribution in [1.82, 2.24) is 15.0 Å². The van der Waals surface area contributed by atoms with E-state index in [0.717, 1.165) is 42.4 Å². The maximum atomic E-state index is 6.05. The number of nitrogens with one attached hydrogen (secondary N) is 2. The summed E-state index contributed by atoms with van der Waals surface area (Å²) in [7, 11) is 0. The van der Waals surface area contributed by atoms with E-state index in [9.17, 15) is 0 Å². The van der Waals surface area contributed by atoms with Crippen molar-refractivity contribution in [3.8, 4) is 0 Å². The van der Waals surface area contributed by atoms with Gasteiger partial charge in [0.15, 0.2) is 12.1 Å². The van der Waals surface area contributed by atoms with Gasteiger partial charge in [0.2, 0.25) is 5.52 Å². The van der Waals surface area contributed by atoms with Crippen LogP contribution in [0.2, 0.25) is 5.28 Å². The zero-order chi connectivity index (χ0) is 15.6. The van der Waals surface area contributed by atoms with E-state index in [2.05, 4.69) is 55.2 Å². The van der Waals surface area contributed by atoms with Crippen LogP contribution >= 0.6 is 11.6 Å². The maximum absolute atomic E-state index is 6.05. The van der Waals surface area contributed by atoms with Crippen LogP contribution in [0.1, 0.15) is 18.4 Å². The SMILES string of the molecule is Clc1nc(N2CCC(Cc3ccccc3)CC2)c2[nH]c[nH+]c2n1. The molecule has 1 aliphatic rings. The minimum atomic E-state index is 0.287. The Morgan fingerprint density at radius 1 is 1.17 bits per heavy atom. The lowest BCUT2D eigenvalue weighted by Crippen LogP contribution is -2.35. The Hall–Kier alpha value is -2.14. The van der Waals surface area contributed by atoms with Gasteiger partial charge in [-0.05, 0) is 42.3 Å². The Morgan fingerprint density at radius 3 is 2.74 bits per heavy atom. The summed E-state index contributed by atoms with van der Waals surface area (Å²) in [4.78, 5) is 17.2. The molecule has 0 bridgehead atoms. The van der Waals surface area contributed by atoms with Gasteiger partial charge in [0, 0.05) is 13.1 Å². The number of fused-ring (bicyclic) bond motifs is 1. The summed E-state index contributed by atoms with van der Waals surface area (Å²) >= 11 is 6.05. The molecule has 3 aromatic rings. The van der Waals surface area contributed by atoms with Crippen molar-refractivity contribution in [3.63, 3.8) is 0 Å². The topological polar surface area (TPSA) is 59.0 Å². The Labute approximate surface area is 139 Å². The molecule has 0 amide bonds. The molecule has 5 nitrogen and oxygen atoms in total. The molecule has 0 spiro atoms. The van der Waals surface area contributed by atoms with E-state index < -0.39 is 0 Å². The second-order valence-corrected chi connectivity index (χ2v) is 6.43. The highest BCUT2D eigenvalue weighted by Crippen LogP contribution is 2.28. The zero-order valence-electron chi connectivity index (χ0n) is 12.8. The van der Waals surface area contributed by atoms with E-state index in [-0.39, 0.29) is 5.28 Å². The van der Waals surface area contributed by atoms with Crippen LogP contribution in [-0.2, 0) is 6.42 Å². The third-order valence-electron chi connectivity index (χ3n) is 4.57. The summed E-state index contributed by atoms with van der Waals surface area (Å²) in [5.74, 6) is 1.64. The molecular weight excluding hydrogens is 310 g/mol. The third-order valence-corrected chi connectivity index (χ3v) is 4.74. The van der Waals surface area contributed by atoms with Gasteiger partial charge in [0.05, 0.1) is 0 Å². The van der Waals surface area contributed by atoms with Crippen LogP contribution in [0.25, 0.3) is 11.2 Å². The third kappa shape index (κ3) is 3.01. The van der Waals surface area contributed by atoms with Crippen LogP contribution in [-0.4, -0.2) is 28.0 Å². The molecule has 6 heteroatoms. The Morgan fingerprint density at radius 2 is 1.96 bits per heavy atom. The van der Waals surface area contributed by atoms with Gasteiger partial charge in [0.25, 0.3) is 0 Å². The molecular formula is C17H19ClN5+. The number of piperidine rings is 1. The smallest absolute Gasteiger partial charge is 0.306 e. The molecule has 23 heavy (non-hydrogen) atoms. The van der Waals surface area contributed by atoms with E-state index in [0.29, 0.717) is 0 Å². The number of H-pyrrole nitrogens is 2. The average Bonchev–Trinajstić information content (AvgIpc) is 3.04. The second-order valence-electron chi connectivity index (χ2n) is 6.09. The lowest BCUT2D eigenvalue weighted by atomic mass is 9.90. The van der Waals surface area contributed by atoms with Crippen LogP contribution in [0.4, 0.5) is 5.82 Å². The minimum absolute atomic E-state index is 0.287. The Kier molecular flexibility index (Phi) is 3.87. The minimum Gasteiger partial charge on any atom is -0.353 e. The van der Waals surface area contributed by atoms with Crippen molar-refractivity contribution in [1.29, 1.82) is 0 Å². The first kappa shape index (κ1) is 14.5. The quantitative estimate of drug-likeness (QED) is 0.752. The molecule has 2 aromatic heterocycles. The van der Waals surface area contributed by atoms with Crippen molar-refractivity contribution < 1.29 is 4.98 Å². The van der Waals surface area contributed by atoms with Gasteiger partial charge < -0.3 is 4.90 Å². The molecule has 0 aliphatic carbocycles. The summed E-state index contributed by atoms with van der Waals surface area (Å²) in [5.41, 5.74) is 3.11. The van der Waals surface area contributed by atoms with Gasteiger partial charge in [-0.25, -0.2) is 4.98 Å². The summed E-state index contributed by atoms with van der Waals surface area (Å²) in [5, 5.41) is 0.287. The van der Waals surface area contributed by atoms with E-state index in [1.54, 1.807) is 6.33 Å². The predicted molar refractivity (Wildman–Crippen MR) is 90.5 cm³/mol. The molecule has 4 rings (SSSR count). The van der Waals surface area contributed by atoms with E-state index >= 15 is 0 Å². The fraction of sp³-hybridized carbons (Fsp3) is 0.353. The average molecular weight is 329 g/mol. The number of aromatic amines is 2. The largest absolute Gasteiger partial charge is 0.353 e. The van der Waals surface area contributed by atoms with E-state index in [4.69, 9.17) is 11.6 Å². The van der Waals surface area contributed by atoms with Gasteiger partial charge in [-0.2, -0.15) is 4.98 Å². The van der Waals surface area contributed by atoms with Gasteiger partial charge in [-0.3, -0.25) is 4.98 Å². The number of rotatable bonds is 3. The summed E-state index contributed by atoms with van der Waals surface area (Å²) in [6.45, 7) is 2.00. The number of hydrogen-bond acceptors (Lipinski definition) is 3. The first-order valence-corrected chi connectivity index (χ1v) is 8.38. The monoisotopic (exact) mass is 328 g/mol. The van der Waals surface area contributed by atoms with Crippen LogP contribution in [0, 0.1) is 5.92 Å². The van der Waals surface area contributed by atoms with Crippen molar-refractivity contribution in [3.05, 3.63) is 47.5 Å². The number of hydrogen-bond donors (Lipinski definition) is 1. The molecule has 0 saturated carbocycles. The lowest BCUT2D eigenvalue weighted by molar-refractivity contribution is -0.347.